The molecule has 1 N–H and O–H groups in total. The van der Waals surface area contributed by atoms with E-state index in [1.165, 1.54) is 12.3 Å². The number of urea groups is 1. The third kappa shape index (κ3) is 6.26. The monoisotopic (exact) mass is 527 g/mol. The zero-order chi connectivity index (χ0) is 27.7. The fourth-order valence-corrected chi connectivity index (χ4v) is 4.73. The molecule has 38 heavy (non-hydrogen) atoms. The largest absolute Gasteiger partial charge is 0.449 e. The van der Waals surface area contributed by atoms with Crippen LogP contribution in [0, 0.1) is 0 Å². The number of fused-ring (bicyclic) bond motifs is 1. The Morgan fingerprint density at radius 3 is 2.55 bits per heavy atom. The van der Waals surface area contributed by atoms with Gasteiger partial charge in [0.15, 0.2) is 11.7 Å². The van der Waals surface area contributed by atoms with E-state index in [2.05, 4.69) is 10.3 Å². The first-order valence-electron chi connectivity index (χ1n) is 12.7. The summed E-state index contributed by atoms with van der Waals surface area (Å²) in [6, 6.07) is 8.36. The number of halogens is 3. The predicted molar refractivity (Wildman–Crippen MR) is 138 cm³/mol. The minimum atomic E-state index is -4.46. The highest BCUT2D eigenvalue weighted by Gasteiger charge is 2.32. The third-order valence-corrected chi connectivity index (χ3v) is 6.66. The molecule has 1 unspecified atom stereocenters. The molecule has 1 atom stereocenters. The maximum Gasteiger partial charge on any atom is 0.416 e. The number of benzene rings is 2. The molecule has 1 aliphatic rings. The van der Waals surface area contributed by atoms with Crippen LogP contribution in [0.1, 0.15) is 79.4 Å². The predicted octanol–water partition coefficient (Wildman–Crippen LogP) is 6.99. The van der Waals surface area contributed by atoms with Gasteiger partial charge in [0, 0.05) is 36.5 Å². The highest BCUT2D eigenvalue weighted by Crippen LogP contribution is 2.37. The first-order valence-corrected chi connectivity index (χ1v) is 12.7. The molecular formula is C29H32F3N3O3. The van der Waals surface area contributed by atoms with Gasteiger partial charge in [-0.15, -0.1) is 0 Å². The van der Waals surface area contributed by atoms with E-state index in [-0.39, 0.29) is 30.7 Å². The lowest BCUT2D eigenvalue weighted by molar-refractivity contribution is -0.137. The van der Waals surface area contributed by atoms with Crippen molar-refractivity contribution < 1.29 is 27.2 Å². The van der Waals surface area contributed by atoms with Crippen LogP contribution in [-0.4, -0.2) is 33.8 Å². The molecule has 0 aliphatic carbocycles. The van der Waals surface area contributed by atoms with Gasteiger partial charge < -0.3 is 14.6 Å². The lowest BCUT2D eigenvalue weighted by Crippen LogP contribution is -2.50. The molecule has 2 aromatic carbocycles. The quantitative estimate of drug-likeness (QED) is 0.351. The van der Waals surface area contributed by atoms with E-state index < -0.39 is 17.3 Å². The van der Waals surface area contributed by atoms with E-state index >= 15 is 0 Å². The van der Waals surface area contributed by atoms with Crippen molar-refractivity contribution in [3.05, 3.63) is 77.0 Å². The number of hydrogen-bond donors (Lipinski definition) is 1. The van der Waals surface area contributed by atoms with Gasteiger partial charge in [0.05, 0.1) is 11.8 Å². The summed E-state index contributed by atoms with van der Waals surface area (Å²) >= 11 is 0. The number of rotatable bonds is 6. The molecule has 2 amide bonds. The minimum absolute atomic E-state index is 0.0526. The Kier molecular flexibility index (Phi) is 7.67. The van der Waals surface area contributed by atoms with Gasteiger partial charge in [0.2, 0.25) is 0 Å². The number of alkyl halides is 3. The molecule has 0 fully saturated rings. The molecule has 0 radical (unpaired) electrons. The Labute approximate surface area is 220 Å². The number of Topliss-reactive ketones (excluding diaryl/α,β-unsaturated/α-hetero) is 1. The maximum absolute atomic E-state index is 13.4. The molecule has 6 nitrogen and oxygen atoms in total. The number of hydrogen-bond acceptors (Lipinski definition) is 4. The number of aromatic nitrogens is 1. The number of carbonyl (C=O) groups excluding carboxylic acids is 2. The van der Waals surface area contributed by atoms with Crippen LogP contribution >= 0.6 is 0 Å². The van der Waals surface area contributed by atoms with Crippen molar-refractivity contribution in [1.82, 2.24) is 15.2 Å². The first-order chi connectivity index (χ1) is 17.8. The van der Waals surface area contributed by atoms with Crippen molar-refractivity contribution in [2.75, 3.05) is 6.54 Å². The minimum Gasteiger partial charge on any atom is -0.449 e. The molecule has 2 heterocycles. The molecule has 0 saturated carbocycles. The van der Waals surface area contributed by atoms with Crippen LogP contribution in [0.4, 0.5) is 18.0 Å². The van der Waals surface area contributed by atoms with Gasteiger partial charge in [-0.1, -0.05) is 31.2 Å². The maximum atomic E-state index is 13.4. The summed E-state index contributed by atoms with van der Waals surface area (Å²) in [6.45, 7) is 8.18. The van der Waals surface area contributed by atoms with Crippen molar-refractivity contribution in [3.8, 4) is 11.1 Å². The Balaban J connectivity index is 1.69. The molecular weight excluding hydrogens is 495 g/mol. The van der Waals surface area contributed by atoms with E-state index in [0.717, 1.165) is 17.7 Å². The van der Waals surface area contributed by atoms with Crippen LogP contribution < -0.4 is 5.32 Å². The zero-order valence-electron chi connectivity index (χ0n) is 22.0. The second-order valence-corrected chi connectivity index (χ2v) is 10.8. The zero-order valence-corrected chi connectivity index (χ0v) is 22.0. The average molecular weight is 528 g/mol. The Bertz CT molecular complexity index is 1310. The summed E-state index contributed by atoms with van der Waals surface area (Å²) in [6.07, 6.45) is -0.216. The standard InChI is InChI=1S/C29H32F3N3O3/c1-18(26-33-13-15-38-26)8-11-25(36)23-10-9-21(19-6-5-7-20(16-19)29(30,31)32)22-12-14-35(17-24(22)23)27(37)34-28(2,3)4/h5-7,9-10,13,15-16,18H,8,11-12,14,17H2,1-4H3,(H,34,37). The number of amides is 2. The molecule has 9 heteroatoms. The van der Waals surface area contributed by atoms with E-state index in [4.69, 9.17) is 4.42 Å². The summed E-state index contributed by atoms with van der Waals surface area (Å²) in [7, 11) is 0. The lowest BCUT2D eigenvalue weighted by atomic mass is 9.85. The summed E-state index contributed by atoms with van der Waals surface area (Å²) in [5, 5.41) is 2.95. The van der Waals surface area contributed by atoms with Crippen molar-refractivity contribution >= 4 is 11.8 Å². The van der Waals surface area contributed by atoms with Crippen LogP contribution in [-0.2, 0) is 19.1 Å². The Morgan fingerprint density at radius 1 is 1.13 bits per heavy atom. The van der Waals surface area contributed by atoms with E-state index in [1.807, 2.05) is 27.7 Å². The average Bonchev–Trinajstić information content (AvgIpc) is 3.40. The van der Waals surface area contributed by atoms with Gasteiger partial charge in [-0.25, -0.2) is 9.78 Å². The van der Waals surface area contributed by atoms with Gasteiger partial charge in [-0.2, -0.15) is 13.2 Å². The Hall–Kier alpha value is -3.62. The summed E-state index contributed by atoms with van der Waals surface area (Å²) in [5.41, 5.74) is 1.88. The van der Waals surface area contributed by atoms with Crippen molar-refractivity contribution in [3.63, 3.8) is 0 Å². The molecule has 0 saturated heterocycles. The van der Waals surface area contributed by atoms with Crippen molar-refractivity contribution in [2.24, 2.45) is 0 Å². The first kappa shape index (κ1) is 27.4. The molecule has 1 aromatic heterocycles. The Morgan fingerprint density at radius 2 is 1.89 bits per heavy atom. The van der Waals surface area contributed by atoms with E-state index in [9.17, 15) is 22.8 Å². The lowest BCUT2D eigenvalue weighted by Gasteiger charge is -2.34. The van der Waals surface area contributed by atoms with Gasteiger partial charge in [-0.05, 0) is 68.0 Å². The molecule has 3 aromatic rings. The number of oxazole rings is 1. The highest BCUT2D eigenvalue weighted by molar-refractivity contribution is 5.99. The molecule has 0 bridgehead atoms. The number of carbonyl (C=O) groups is 2. The molecule has 0 spiro atoms. The van der Waals surface area contributed by atoms with Crippen LogP contribution in [0.2, 0.25) is 0 Å². The molecule has 4 rings (SSSR count). The number of ketones is 1. The number of nitrogens with zero attached hydrogens (tertiary/aromatic N) is 2. The van der Waals surface area contributed by atoms with Crippen LogP contribution in [0.15, 0.2) is 53.3 Å². The second kappa shape index (κ2) is 10.6. The van der Waals surface area contributed by atoms with E-state index in [1.54, 1.807) is 29.3 Å². The molecule has 202 valence electrons. The fraction of sp³-hybridized carbons (Fsp3) is 0.414. The smallest absolute Gasteiger partial charge is 0.416 e. The van der Waals surface area contributed by atoms with Gasteiger partial charge in [-0.3, -0.25) is 4.79 Å². The van der Waals surface area contributed by atoms with Crippen molar-refractivity contribution in [1.29, 1.82) is 0 Å². The topological polar surface area (TPSA) is 75.4 Å². The number of nitrogens with one attached hydrogen (secondary N) is 1. The van der Waals surface area contributed by atoms with Crippen LogP contribution in [0.3, 0.4) is 0 Å². The van der Waals surface area contributed by atoms with Gasteiger partial charge >= 0.3 is 12.2 Å². The SMILES string of the molecule is CC(CCC(=O)c1ccc(-c2cccc(C(F)(F)F)c2)c2c1CN(C(=O)NC(C)(C)C)CC2)c1ncco1. The van der Waals surface area contributed by atoms with Crippen LogP contribution in [0.5, 0.6) is 0 Å². The normalized spacial score (nSPS) is 14.7. The van der Waals surface area contributed by atoms with E-state index in [0.29, 0.717) is 47.5 Å². The summed E-state index contributed by atoms with van der Waals surface area (Å²) in [4.78, 5) is 32.2. The third-order valence-electron chi connectivity index (χ3n) is 6.66. The highest BCUT2D eigenvalue weighted by atomic mass is 19.4. The molecule has 1 aliphatic heterocycles. The van der Waals surface area contributed by atoms with Gasteiger partial charge in [0.25, 0.3) is 0 Å². The van der Waals surface area contributed by atoms with Crippen LogP contribution in [0.25, 0.3) is 11.1 Å². The van der Waals surface area contributed by atoms with Crippen molar-refractivity contribution in [2.45, 2.75) is 71.1 Å². The second-order valence-electron chi connectivity index (χ2n) is 10.8. The fourth-order valence-electron chi connectivity index (χ4n) is 4.73. The summed E-state index contributed by atoms with van der Waals surface area (Å²) < 4.78 is 45.6. The summed E-state index contributed by atoms with van der Waals surface area (Å²) in [5.74, 6) is 0.418. The van der Waals surface area contributed by atoms with Gasteiger partial charge in [0.1, 0.15) is 6.26 Å².